The zero-order valence-corrected chi connectivity index (χ0v) is 16.2. The molecule has 2 aromatic rings. The molecule has 0 aliphatic carbocycles. The first kappa shape index (κ1) is 18.9. The van der Waals surface area contributed by atoms with Gasteiger partial charge in [0, 0.05) is 50.6 Å². The van der Waals surface area contributed by atoms with Crippen molar-refractivity contribution in [2.75, 3.05) is 36.4 Å². The zero-order chi connectivity index (χ0) is 19.4. The maximum Gasteiger partial charge on any atom is 0.255 e. The van der Waals surface area contributed by atoms with Gasteiger partial charge in [-0.3, -0.25) is 9.59 Å². The number of nitrogens with zero attached hydrogens (tertiary/aromatic N) is 3. The molecule has 0 bridgehead atoms. The van der Waals surface area contributed by atoms with Gasteiger partial charge < -0.3 is 15.1 Å². The molecule has 1 aliphatic heterocycles. The Bertz CT molecular complexity index is 842. The fourth-order valence-electron chi connectivity index (χ4n) is 3.37. The van der Waals surface area contributed by atoms with E-state index in [1.165, 1.54) is 0 Å². The molecule has 1 aromatic heterocycles. The third-order valence-electron chi connectivity index (χ3n) is 5.04. The Labute approximate surface area is 160 Å². The number of anilines is 2. The molecule has 0 saturated carbocycles. The van der Waals surface area contributed by atoms with Crippen molar-refractivity contribution in [2.24, 2.45) is 0 Å². The number of hydrogen-bond donors (Lipinski definition) is 1. The first-order valence-electron chi connectivity index (χ1n) is 9.36. The molecule has 0 unspecified atom stereocenters. The number of nitrogens with one attached hydrogen (secondary N) is 1. The molecule has 0 radical (unpaired) electrons. The van der Waals surface area contributed by atoms with E-state index >= 15 is 0 Å². The highest BCUT2D eigenvalue weighted by Crippen LogP contribution is 2.23. The van der Waals surface area contributed by atoms with E-state index in [1.54, 1.807) is 19.2 Å². The average molecular weight is 366 g/mol. The molecule has 6 heteroatoms. The molecule has 2 amide bonds. The zero-order valence-electron chi connectivity index (χ0n) is 16.2. The van der Waals surface area contributed by atoms with Gasteiger partial charge in [0.25, 0.3) is 5.91 Å². The topological polar surface area (TPSA) is 65.5 Å². The Hall–Kier alpha value is -2.89. The number of hydrogen-bond acceptors (Lipinski definition) is 4. The average Bonchev–Trinajstić information content (AvgIpc) is 2.69. The van der Waals surface area contributed by atoms with E-state index < -0.39 is 0 Å². The summed E-state index contributed by atoms with van der Waals surface area (Å²) in [7, 11) is 0. The molecule has 1 saturated heterocycles. The number of piperazine rings is 1. The van der Waals surface area contributed by atoms with Crippen LogP contribution in [0.4, 0.5) is 11.5 Å². The van der Waals surface area contributed by atoms with Crippen molar-refractivity contribution >= 4 is 23.3 Å². The highest BCUT2D eigenvalue weighted by molar-refractivity contribution is 6.05. The van der Waals surface area contributed by atoms with Gasteiger partial charge in [0.05, 0.1) is 0 Å². The Morgan fingerprint density at radius 1 is 1.15 bits per heavy atom. The van der Waals surface area contributed by atoms with Crippen LogP contribution in [0.1, 0.15) is 35.3 Å². The molecule has 2 heterocycles. The first-order valence-corrected chi connectivity index (χ1v) is 9.36. The normalized spacial score (nSPS) is 14.2. The third kappa shape index (κ3) is 4.27. The van der Waals surface area contributed by atoms with Gasteiger partial charge >= 0.3 is 0 Å². The highest BCUT2D eigenvalue weighted by Gasteiger charge is 2.20. The summed E-state index contributed by atoms with van der Waals surface area (Å²) in [5, 5.41) is 3.06. The molecule has 3 rings (SSSR count). The summed E-state index contributed by atoms with van der Waals surface area (Å²) in [5.74, 6) is 0.733. The summed E-state index contributed by atoms with van der Waals surface area (Å²) in [4.78, 5) is 32.6. The number of carbonyl (C=O) groups is 2. The van der Waals surface area contributed by atoms with E-state index in [0.717, 1.165) is 42.1 Å². The standard InChI is InChI=1S/C21H26N4O2/c1-4-17-7-5-6-15(2)20(17)23-21(27)18-8-9-22-19(14-18)25-12-10-24(11-13-25)16(3)26/h5-9,14H,4,10-13H2,1-3H3,(H,23,27). The van der Waals surface area contributed by atoms with E-state index in [1.807, 2.05) is 36.1 Å². The predicted octanol–water partition coefficient (Wildman–Crippen LogP) is 2.87. The van der Waals surface area contributed by atoms with Crippen molar-refractivity contribution in [1.29, 1.82) is 0 Å². The Morgan fingerprint density at radius 2 is 1.89 bits per heavy atom. The Kier molecular flexibility index (Phi) is 5.74. The predicted molar refractivity (Wildman–Crippen MR) is 107 cm³/mol. The largest absolute Gasteiger partial charge is 0.353 e. The molecule has 142 valence electrons. The molecule has 1 aromatic carbocycles. The van der Waals surface area contributed by atoms with Crippen LogP contribution in [0.25, 0.3) is 0 Å². The minimum absolute atomic E-state index is 0.0979. The fourth-order valence-corrected chi connectivity index (χ4v) is 3.37. The van der Waals surface area contributed by atoms with E-state index in [0.29, 0.717) is 18.7 Å². The van der Waals surface area contributed by atoms with Crippen molar-refractivity contribution in [3.05, 3.63) is 53.2 Å². The number of rotatable bonds is 4. The lowest BCUT2D eigenvalue weighted by molar-refractivity contribution is -0.129. The van der Waals surface area contributed by atoms with Gasteiger partial charge in [-0.15, -0.1) is 0 Å². The lowest BCUT2D eigenvalue weighted by Crippen LogP contribution is -2.48. The molecule has 1 aliphatic rings. The second-order valence-corrected chi connectivity index (χ2v) is 6.81. The van der Waals surface area contributed by atoms with Gasteiger partial charge in [-0.05, 0) is 36.6 Å². The molecule has 1 N–H and O–H groups in total. The minimum atomic E-state index is -0.134. The quantitative estimate of drug-likeness (QED) is 0.904. The van der Waals surface area contributed by atoms with Crippen molar-refractivity contribution in [3.8, 4) is 0 Å². The summed E-state index contributed by atoms with van der Waals surface area (Å²) in [6, 6.07) is 9.60. The van der Waals surface area contributed by atoms with Crippen molar-refractivity contribution in [3.63, 3.8) is 0 Å². The number of aromatic nitrogens is 1. The lowest BCUT2D eigenvalue weighted by atomic mass is 10.1. The SMILES string of the molecule is CCc1cccc(C)c1NC(=O)c1ccnc(N2CCN(C(C)=O)CC2)c1. The van der Waals surface area contributed by atoms with Gasteiger partial charge in [0.1, 0.15) is 5.82 Å². The molecular formula is C21H26N4O2. The minimum Gasteiger partial charge on any atom is -0.353 e. The van der Waals surface area contributed by atoms with Gasteiger partial charge in [-0.25, -0.2) is 4.98 Å². The summed E-state index contributed by atoms with van der Waals surface area (Å²) in [6.45, 7) is 8.46. The molecule has 0 atom stereocenters. The second kappa shape index (κ2) is 8.20. The maximum atomic E-state index is 12.8. The van der Waals surface area contributed by atoms with Gasteiger partial charge in [0.2, 0.25) is 5.91 Å². The fraction of sp³-hybridized carbons (Fsp3) is 0.381. The van der Waals surface area contributed by atoms with Gasteiger partial charge in [-0.2, -0.15) is 0 Å². The molecule has 0 spiro atoms. The second-order valence-electron chi connectivity index (χ2n) is 6.81. The lowest BCUT2D eigenvalue weighted by Gasteiger charge is -2.35. The maximum absolute atomic E-state index is 12.8. The highest BCUT2D eigenvalue weighted by atomic mass is 16.2. The van der Waals surface area contributed by atoms with Crippen LogP contribution in [-0.4, -0.2) is 47.9 Å². The smallest absolute Gasteiger partial charge is 0.255 e. The first-order chi connectivity index (χ1) is 13.0. The summed E-state index contributed by atoms with van der Waals surface area (Å²) in [5.41, 5.74) is 3.65. The number of carbonyl (C=O) groups excluding carboxylic acids is 2. The molecule has 1 fully saturated rings. The van der Waals surface area contributed by atoms with E-state index in [4.69, 9.17) is 0 Å². The monoisotopic (exact) mass is 366 g/mol. The molecular weight excluding hydrogens is 340 g/mol. The van der Waals surface area contributed by atoms with E-state index in [9.17, 15) is 9.59 Å². The number of para-hydroxylation sites is 1. The van der Waals surface area contributed by atoms with E-state index in [-0.39, 0.29) is 11.8 Å². The number of aryl methyl sites for hydroxylation is 2. The third-order valence-corrected chi connectivity index (χ3v) is 5.04. The van der Waals surface area contributed by atoms with Crippen molar-refractivity contribution < 1.29 is 9.59 Å². The Balaban J connectivity index is 1.74. The van der Waals surface area contributed by atoms with Crippen LogP contribution in [0.15, 0.2) is 36.5 Å². The van der Waals surface area contributed by atoms with Gasteiger partial charge in [0.15, 0.2) is 0 Å². The van der Waals surface area contributed by atoms with Crippen molar-refractivity contribution in [1.82, 2.24) is 9.88 Å². The summed E-state index contributed by atoms with van der Waals surface area (Å²) in [6.07, 6.45) is 2.53. The number of amides is 2. The van der Waals surface area contributed by atoms with Crippen LogP contribution in [0.2, 0.25) is 0 Å². The Morgan fingerprint density at radius 3 is 2.56 bits per heavy atom. The van der Waals surface area contributed by atoms with Crippen LogP contribution in [-0.2, 0) is 11.2 Å². The molecule has 27 heavy (non-hydrogen) atoms. The van der Waals surface area contributed by atoms with Crippen LogP contribution in [0.5, 0.6) is 0 Å². The van der Waals surface area contributed by atoms with Gasteiger partial charge in [-0.1, -0.05) is 25.1 Å². The summed E-state index contributed by atoms with van der Waals surface area (Å²) < 4.78 is 0. The van der Waals surface area contributed by atoms with E-state index in [2.05, 4.69) is 22.1 Å². The summed E-state index contributed by atoms with van der Waals surface area (Å²) >= 11 is 0. The van der Waals surface area contributed by atoms with Crippen LogP contribution >= 0.6 is 0 Å². The van der Waals surface area contributed by atoms with Crippen molar-refractivity contribution in [2.45, 2.75) is 27.2 Å². The van der Waals surface area contributed by atoms with Crippen LogP contribution < -0.4 is 10.2 Å². The molecule has 6 nitrogen and oxygen atoms in total. The number of benzene rings is 1. The van der Waals surface area contributed by atoms with Crippen LogP contribution in [0.3, 0.4) is 0 Å². The van der Waals surface area contributed by atoms with Crippen LogP contribution in [0, 0.1) is 6.92 Å². The number of pyridine rings is 1.